The Bertz CT molecular complexity index is 1450. The molecule has 10 heteroatoms. The predicted molar refractivity (Wildman–Crippen MR) is 149 cm³/mol. The van der Waals surface area contributed by atoms with E-state index in [1.807, 2.05) is 52.8 Å². The van der Waals surface area contributed by atoms with Gasteiger partial charge >= 0.3 is 6.09 Å². The molecule has 210 valence electrons. The van der Waals surface area contributed by atoms with E-state index in [9.17, 15) is 14.9 Å². The summed E-state index contributed by atoms with van der Waals surface area (Å²) in [6, 6.07) is 13.1. The summed E-state index contributed by atoms with van der Waals surface area (Å²) in [5.41, 5.74) is 3.15. The monoisotopic (exact) mass is 545 g/mol. The van der Waals surface area contributed by atoms with Crippen molar-refractivity contribution in [3.05, 3.63) is 53.1 Å². The SMILES string of the molecule is CC(C)Oc1ccc(-c2nc(-c3cccc4c3CCC4[C@H](OC(=O)NC(C)(C)C)C(=O)N(C)C)no2)cc1C#N. The summed E-state index contributed by atoms with van der Waals surface area (Å²) in [6.07, 6.45) is -0.413. The molecule has 0 fully saturated rings. The Hall–Kier alpha value is -4.39. The van der Waals surface area contributed by atoms with Crippen molar-refractivity contribution < 1.29 is 23.6 Å². The Morgan fingerprint density at radius 1 is 1.20 bits per heavy atom. The van der Waals surface area contributed by atoms with Crippen molar-refractivity contribution in [3.8, 4) is 34.7 Å². The largest absolute Gasteiger partial charge is 0.490 e. The summed E-state index contributed by atoms with van der Waals surface area (Å²) in [7, 11) is 3.29. The number of likely N-dealkylation sites (N-methyl/N-ethyl adjacent to an activating group) is 1. The molecule has 1 aromatic heterocycles. The van der Waals surface area contributed by atoms with Crippen LogP contribution in [0.4, 0.5) is 4.79 Å². The van der Waals surface area contributed by atoms with Gasteiger partial charge in [-0.05, 0) is 76.8 Å². The van der Waals surface area contributed by atoms with Crippen LogP contribution in [0.2, 0.25) is 0 Å². The molecule has 0 spiro atoms. The molecular formula is C30H35N5O5. The number of rotatable bonds is 7. The van der Waals surface area contributed by atoms with E-state index in [1.165, 1.54) is 4.90 Å². The van der Waals surface area contributed by atoms with Gasteiger partial charge in [0.25, 0.3) is 11.8 Å². The van der Waals surface area contributed by atoms with Gasteiger partial charge in [-0.2, -0.15) is 10.2 Å². The third kappa shape index (κ3) is 6.25. The van der Waals surface area contributed by atoms with Crippen LogP contribution in [-0.2, 0) is 16.0 Å². The topological polar surface area (TPSA) is 131 Å². The fraction of sp³-hybridized carbons (Fsp3) is 0.433. The van der Waals surface area contributed by atoms with E-state index in [-0.39, 0.29) is 23.8 Å². The summed E-state index contributed by atoms with van der Waals surface area (Å²) in [5.74, 6) is 0.558. The molecule has 1 aliphatic rings. The molecule has 0 saturated heterocycles. The minimum atomic E-state index is -0.981. The van der Waals surface area contributed by atoms with Crippen LogP contribution in [0.3, 0.4) is 0 Å². The van der Waals surface area contributed by atoms with Crippen LogP contribution in [0, 0.1) is 11.3 Å². The van der Waals surface area contributed by atoms with Gasteiger partial charge in [0.05, 0.1) is 11.7 Å². The lowest BCUT2D eigenvalue weighted by molar-refractivity contribution is -0.139. The van der Waals surface area contributed by atoms with Gasteiger partial charge in [0.1, 0.15) is 11.8 Å². The number of amides is 2. The third-order valence-corrected chi connectivity index (χ3v) is 6.45. The van der Waals surface area contributed by atoms with E-state index < -0.39 is 17.7 Å². The van der Waals surface area contributed by atoms with Crippen LogP contribution >= 0.6 is 0 Å². The van der Waals surface area contributed by atoms with E-state index in [0.29, 0.717) is 35.5 Å². The zero-order chi connectivity index (χ0) is 29.2. The van der Waals surface area contributed by atoms with Crippen molar-refractivity contribution in [1.29, 1.82) is 5.26 Å². The molecule has 0 aliphatic heterocycles. The molecule has 4 rings (SSSR count). The van der Waals surface area contributed by atoms with Gasteiger partial charge in [0, 0.05) is 36.7 Å². The highest BCUT2D eigenvalue weighted by Gasteiger charge is 2.39. The average Bonchev–Trinajstić information content (AvgIpc) is 3.53. The number of benzene rings is 2. The molecular weight excluding hydrogens is 510 g/mol. The summed E-state index contributed by atoms with van der Waals surface area (Å²) in [4.78, 5) is 31.8. The van der Waals surface area contributed by atoms with Crippen LogP contribution in [0.5, 0.6) is 5.75 Å². The van der Waals surface area contributed by atoms with Crippen LogP contribution in [0.15, 0.2) is 40.9 Å². The third-order valence-electron chi connectivity index (χ3n) is 6.45. The second-order valence-corrected chi connectivity index (χ2v) is 11.4. The Labute approximate surface area is 234 Å². The standard InChI is InChI=1S/C30H35N5O5/c1-17(2)38-24-14-11-18(15-19(24)16-31)27-32-26(34-40-27)23-10-8-9-20-21(23)12-13-22(20)25(28(36)35(6)7)39-29(37)33-30(3,4)5/h8-11,14-15,17,22,25H,12-13H2,1-7H3,(H,33,37)/t22?,25-/m0/s1. The average molecular weight is 546 g/mol. The summed E-state index contributed by atoms with van der Waals surface area (Å²) in [6.45, 7) is 9.34. The Kier molecular flexibility index (Phi) is 8.14. The van der Waals surface area contributed by atoms with Crippen LogP contribution in [-0.4, -0.2) is 58.9 Å². The second-order valence-electron chi connectivity index (χ2n) is 11.4. The first-order chi connectivity index (χ1) is 18.9. The van der Waals surface area contributed by atoms with Crippen LogP contribution < -0.4 is 10.1 Å². The molecule has 2 atom stereocenters. The Balaban J connectivity index is 1.64. The molecule has 3 aromatic rings. The van der Waals surface area contributed by atoms with Crippen molar-refractivity contribution in [1.82, 2.24) is 20.4 Å². The molecule has 1 N–H and O–H groups in total. The molecule has 0 saturated carbocycles. The molecule has 0 bridgehead atoms. The minimum Gasteiger partial charge on any atom is -0.490 e. The fourth-order valence-electron chi connectivity index (χ4n) is 4.78. The quantitative estimate of drug-likeness (QED) is 0.435. The smallest absolute Gasteiger partial charge is 0.408 e. The van der Waals surface area contributed by atoms with E-state index in [1.54, 1.807) is 32.3 Å². The van der Waals surface area contributed by atoms with Crippen LogP contribution in [0.25, 0.3) is 22.8 Å². The molecule has 0 radical (unpaired) electrons. The number of carbonyl (C=O) groups excluding carboxylic acids is 2. The predicted octanol–water partition coefficient (Wildman–Crippen LogP) is 5.07. The first-order valence-electron chi connectivity index (χ1n) is 13.2. The summed E-state index contributed by atoms with van der Waals surface area (Å²) in [5, 5.41) is 16.6. The highest BCUT2D eigenvalue weighted by molar-refractivity contribution is 5.85. The number of alkyl carbamates (subject to hydrolysis) is 1. The Morgan fingerprint density at radius 2 is 1.95 bits per heavy atom. The van der Waals surface area contributed by atoms with Gasteiger partial charge < -0.3 is 24.2 Å². The van der Waals surface area contributed by atoms with Gasteiger partial charge in [-0.3, -0.25) is 4.79 Å². The summed E-state index contributed by atoms with van der Waals surface area (Å²) < 4.78 is 17.0. The highest BCUT2D eigenvalue weighted by atomic mass is 16.6. The van der Waals surface area contributed by atoms with E-state index in [2.05, 4.69) is 21.5 Å². The maximum absolute atomic E-state index is 13.1. The van der Waals surface area contributed by atoms with Crippen molar-refractivity contribution in [2.24, 2.45) is 0 Å². The van der Waals surface area contributed by atoms with E-state index in [4.69, 9.17) is 14.0 Å². The van der Waals surface area contributed by atoms with Crippen molar-refractivity contribution in [2.75, 3.05) is 14.1 Å². The lowest BCUT2D eigenvalue weighted by Crippen LogP contribution is -2.46. The highest BCUT2D eigenvalue weighted by Crippen LogP contribution is 2.41. The van der Waals surface area contributed by atoms with Gasteiger partial charge in [0.15, 0.2) is 6.10 Å². The van der Waals surface area contributed by atoms with Gasteiger partial charge in [0.2, 0.25) is 5.82 Å². The molecule has 1 unspecified atom stereocenters. The van der Waals surface area contributed by atoms with Crippen molar-refractivity contribution in [2.45, 2.75) is 71.1 Å². The normalized spacial score (nSPS) is 15.2. The molecule has 1 aliphatic carbocycles. The first-order valence-corrected chi connectivity index (χ1v) is 13.2. The molecule has 40 heavy (non-hydrogen) atoms. The zero-order valence-corrected chi connectivity index (χ0v) is 23.9. The van der Waals surface area contributed by atoms with Crippen molar-refractivity contribution >= 4 is 12.0 Å². The molecule has 2 amide bonds. The van der Waals surface area contributed by atoms with Gasteiger partial charge in [-0.1, -0.05) is 23.4 Å². The van der Waals surface area contributed by atoms with Crippen LogP contribution in [0.1, 0.15) is 63.6 Å². The molecule has 1 heterocycles. The number of carbonyl (C=O) groups is 2. The lowest BCUT2D eigenvalue weighted by atomic mass is 9.93. The minimum absolute atomic E-state index is 0.0668. The maximum atomic E-state index is 13.1. The first kappa shape index (κ1) is 28.6. The number of nitrogens with zero attached hydrogens (tertiary/aromatic N) is 4. The van der Waals surface area contributed by atoms with Gasteiger partial charge in [-0.25, -0.2) is 4.79 Å². The number of hydrogen-bond donors (Lipinski definition) is 1. The number of aromatic nitrogens is 2. The lowest BCUT2D eigenvalue weighted by Gasteiger charge is -2.28. The number of fused-ring (bicyclic) bond motifs is 1. The molecule has 2 aromatic carbocycles. The number of nitriles is 1. The second kappa shape index (κ2) is 11.4. The number of ether oxygens (including phenoxy) is 2. The number of nitrogens with one attached hydrogen (secondary N) is 1. The van der Waals surface area contributed by atoms with E-state index in [0.717, 1.165) is 16.7 Å². The summed E-state index contributed by atoms with van der Waals surface area (Å²) >= 11 is 0. The number of hydrogen-bond acceptors (Lipinski definition) is 8. The van der Waals surface area contributed by atoms with E-state index >= 15 is 0 Å². The fourth-order valence-corrected chi connectivity index (χ4v) is 4.78. The van der Waals surface area contributed by atoms with Gasteiger partial charge in [-0.15, -0.1) is 0 Å². The molecule has 10 nitrogen and oxygen atoms in total. The Morgan fingerprint density at radius 3 is 2.60 bits per heavy atom. The maximum Gasteiger partial charge on any atom is 0.408 e. The van der Waals surface area contributed by atoms with Crippen molar-refractivity contribution in [3.63, 3.8) is 0 Å². The zero-order valence-electron chi connectivity index (χ0n) is 23.9.